The summed E-state index contributed by atoms with van der Waals surface area (Å²) >= 11 is 0. The lowest BCUT2D eigenvalue weighted by molar-refractivity contribution is -0.143. The maximum absolute atomic E-state index is 12.9. The highest BCUT2D eigenvalue weighted by Crippen LogP contribution is 2.25. The van der Waals surface area contributed by atoms with Crippen LogP contribution in [0.1, 0.15) is 99.8 Å². The van der Waals surface area contributed by atoms with Gasteiger partial charge in [0.25, 0.3) is 0 Å². The summed E-state index contributed by atoms with van der Waals surface area (Å²) in [5, 5.41) is 0. The molecule has 0 aromatic rings. The van der Waals surface area contributed by atoms with Crippen molar-refractivity contribution in [3.05, 3.63) is 0 Å². The van der Waals surface area contributed by atoms with Crippen molar-refractivity contribution in [2.75, 3.05) is 26.2 Å². The first-order valence-electron chi connectivity index (χ1n) is 12.5. The largest absolute Gasteiger partial charge is 0.466 e. The van der Waals surface area contributed by atoms with Crippen LogP contribution in [0.3, 0.4) is 0 Å². The molecule has 0 spiro atoms. The van der Waals surface area contributed by atoms with Crippen LogP contribution in [0.25, 0.3) is 0 Å². The molecule has 0 radical (unpaired) electrons. The molecule has 0 N–H and O–H groups in total. The van der Waals surface area contributed by atoms with Gasteiger partial charge < -0.3 is 24.0 Å². The lowest BCUT2D eigenvalue weighted by Gasteiger charge is -2.36. The van der Waals surface area contributed by atoms with Gasteiger partial charge in [-0.3, -0.25) is 4.79 Å². The van der Waals surface area contributed by atoms with Gasteiger partial charge in [0.2, 0.25) is 0 Å². The Labute approximate surface area is 200 Å². The molecular weight excluding hydrogens is 424 g/mol. The number of hydrogen-bond acceptors (Lipinski definition) is 6. The van der Waals surface area contributed by atoms with Crippen LogP contribution in [0.15, 0.2) is 0 Å². The molecule has 1 fully saturated rings. The molecule has 0 saturated heterocycles. The first kappa shape index (κ1) is 29.0. The zero-order valence-electron chi connectivity index (χ0n) is 21.9. The number of carbonyl (C=O) groups excluding carboxylic acids is 3. The summed E-state index contributed by atoms with van der Waals surface area (Å²) in [4.78, 5) is 40.8. The van der Waals surface area contributed by atoms with Crippen LogP contribution < -0.4 is 0 Å². The SMILES string of the molecule is CCOC(=O)CCCN(CCCN(C(=O)OC(C)(C)C)C1CCCCC1)C(=O)OC(C)(C)C. The third kappa shape index (κ3) is 12.7. The second-order valence-corrected chi connectivity index (χ2v) is 10.7. The number of nitrogens with zero attached hydrogens (tertiary/aromatic N) is 2. The average molecular weight is 471 g/mol. The van der Waals surface area contributed by atoms with Crippen LogP contribution in [0.2, 0.25) is 0 Å². The molecule has 33 heavy (non-hydrogen) atoms. The molecule has 1 rings (SSSR count). The van der Waals surface area contributed by atoms with E-state index in [9.17, 15) is 14.4 Å². The van der Waals surface area contributed by atoms with Crippen LogP contribution in [-0.4, -0.2) is 71.4 Å². The van der Waals surface area contributed by atoms with Crippen molar-refractivity contribution in [2.45, 2.75) is 117 Å². The second kappa shape index (κ2) is 13.7. The van der Waals surface area contributed by atoms with E-state index in [0.717, 1.165) is 25.7 Å². The van der Waals surface area contributed by atoms with E-state index in [0.29, 0.717) is 39.1 Å². The fourth-order valence-electron chi connectivity index (χ4n) is 3.84. The lowest BCUT2D eigenvalue weighted by atomic mass is 9.94. The molecule has 0 aromatic heterocycles. The van der Waals surface area contributed by atoms with Crippen molar-refractivity contribution in [3.8, 4) is 0 Å². The third-order valence-corrected chi connectivity index (χ3v) is 5.24. The van der Waals surface area contributed by atoms with Gasteiger partial charge in [0.15, 0.2) is 0 Å². The molecule has 192 valence electrons. The van der Waals surface area contributed by atoms with Crippen molar-refractivity contribution >= 4 is 18.2 Å². The van der Waals surface area contributed by atoms with Crippen molar-refractivity contribution < 1.29 is 28.6 Å². The lowest BCUT2D eigenvalue weighted by Crippen LogP contribution is -2.46. The van der Waals surface area contributed by atoms with Crippen LogP contribution in [0, 0.1) is 0 Å². The zero-order valence-corrected chi connectivity index (χ0v) is 21.9. The van der Waals surface area contributed by atoms with E-state index in [-0.39, 0.29) is 24.5 Å². The Kier molecular flexibility index (Phi) is 12.0. The topological polar surface area (TPSA) is 85.4 Å². The van der Waals surface area contributed by atoms with Crippen molar-refractivity contribution in [1.82, 2.24) is 9.80 Å². The van der Waals surface area contributed by atoms with Crippen LogP contribution in [-0.2, 0) is 19.0 Å². The molecule has 0 aromatic carbocycles. The summed E-state index contributed by atoms with van der Waals surface area (Å²) in [5.74, 6) is -0.268. The van der Waals surface area contributed by atoms with Gasteiger partial charge in [-0.05, 0) is 74.1 Å². The summed E-state index contributed by atoms with van der Waals surface area (Å²) in [7, 11) is 0. The smallest absolute Gasteiger partial charge is 0.410 e. The normalized spacial score (nSPS) is 15.0. The monoisotopic (exact) mass is 470 g/mol. The van der Waals surface area contributed by atoms with Gasteiger partial charge in [-0.25, -0.2) is 9.59 Å². The third-order valence-electron chi connectivity index (χ3n) is 5.24. The summed E-state index contributed by atoms with van der Waals surface area (Å²) in [6, 6.07) is 0.174. The summed E-state index contributed by atoms with van der Waals surface area (Å²) < 4.78 is 16.2. The molecule has 8 heteroatoms. The van der Waals surface area contributed by atoms with E-state index in [4.69, 9.17) is 14.2 Å². The molecule has 0 heterocycles. The van der Waals surface area contributed by atoms with Crippen molar-refractivity contribution in [2.24, 2.45) is 0 Å². The van der Waals surface area contributed by atoms with Gasteiger partial charge in [-0.1, -0.05) is 19.3 Å². The van der Waals surface area contributed by atoms with Crippen LogP contribution >= 0.6 is 0 Å². The molecule has 0 aliphatic heterocycles. The Morgan fingerprint density at radius 3 is 1.88 bits per heavy atom. The Balaban J connectivity index is 2.77. The van der Waals surface area contributed by atoms with E-state index < -0.39 is 17.3 Å². The Bertz CT molecular complexity index is 617. The van der Waals surface area contributed by atoms with E-state index in [1.165, 1.54) is 6.42 Å². The number of rotatable bonds is 10. The van der Waals surface area contributed by atoms with Crippen molar-refractivity contribution in [1.29, 1.82) is 0 Å². The number of esters is 1. The minimum atomic E-state index is -0.610. The van der Waals surface area contributed by atoms with E-state index in [2.05, 4.69) is 0 Å². The fourth-order valence-corrected chi connectivity index (χ4v) is 3.84. The summed E-state index contributed by atoms with van der Waals surface area (Å²) in [6.07, 6.45) is 6.04. The van der Waals surface area contributed by atoms with Gasteiger partial charge in [0, 0.05) is 32.1 Å². The Hall–Kier alpha value is -1.99. The molecule has 1 saturated carbocycles. The maximum Gasteiger partial charge on any atom is 0.410 e. The van der Waals surface area contributed by atoms with E-state index in [1.54, 1.807) is 11.8 Å². The van der Waals surface area contributed by atoms with E-state index >= 15 is 0 Å². The number of amides is 2. The van der Waals surface area contributed by atoms with Gasteiger partial charge in [0.1, 0.15) is 11.2 Å². The minimum Gasteiger partial charge on any atom is -0.466 e. The van der Waals surface area contributed by atoms with Gasteiger partial charge in [0.05, 0.1) is 6.61 Å². The van der Waals surface area contributed by atoms with Gasteiger partial charge in [-0.15, -0.1) is 0 Å². The number of carbonyl (C=O) groups is 3. The molecule has 0 bridgehead atoms. The Morgan fingerprint density at radius 1 is 0.788 bits per heavy atom. The highest BCUT2D eigenvalue weighted by molar-refractivity contribution is 5.70. The molecule has 1 aliphatic rings. The molecular formula is C25H46N2O6. The van der Waals surface area contributed by atoms with E-state index in [1.807, 2.05) is 46.4 Å². The summed E-state index contributed by atoms with van der Waals surface area (Å²) in [5.41, 5.74) is -1.17. The fraction of sp³-hybridized carbons (Fsp3) is 0.880. The number of ether oxygens (including phenoxy) is 3. The molecule has 1 aliphatic carbocycles. The predicted molar refractivity (Wildman–Crippen MR) is 128 cm³/mol. The molecule has 0 atom stereocenters. The summed E-state index contributed by atoms with van der Waals surface area (Å²) in [6.45, 7) is 14.6. The first-order chi connectivity index (χ1) is 15.3. The first-order valence-corrected chi connectivity index (χ1v) is 12.5. The predicted octanol–water partition coefficient (Wildman–Crippen LogP) is 5.53. The molecule has 2 amide bonds. The van der Waals surface area contributed by atoms with Gasteiger partial charge in [-0.2, -0.15) is 0 Å². The Morgan fingerprint density at radius 2 is 1.33 bits per heavy atom. The molecule has 8 nitrogen and oxygen atoms in total. The minimum absolute atomic E-state index is 0.174. The van der Waals surface area contributed by atoms with Crippen LogP contribution in [0.4, 0.5) is 9.59 Å². The maximum atomic E-state index is 12.9. The highest BCUT2D eigenvalue weighted by atomic mass is 16.6. The van der Waals surface area contributed by atoms with Gasteiger partial charge >= 0.3 is 18.2 Å². The quantitative estimate of drug-likeness (QED) is 0.308. The zero-order chi connectivity index (χ0) is 25.1. The average Bonchev–Trinajstić information content (AvgIpc) is 2.68. The second-order valence-electron chi connectivity index (χ2n) is 10.7. The van der Waals surface area contributed by atoms with Crippen molar-refractivity contribution in [3.63, 3.8) is 0 Å². The highest BCUT2D eigenvalue weighted by Gasteiger charge is 2.30. The van der Waals surface area contributed by atoms with Crippen LogP contribution in [0.5, 0.6) is 0 Å². The molecule has 0 unspecified atom stereocenters. The number of hydrogen-bond donors (Lipinski definition) is 0. The standard InChI is InChI=1S/C25H46N2O6/c1-8-31-21(28)16-12-17-26(22(29)32-24(2,3)4)18-13-19-27(20-14-10-9-11-15-20)23(30)33-25(5,6)7/h20H,8-19H2,1-7H3.